The zero-order valence-electron chi connectivity index (χ0n) is 22.1. The van der Waals surface area contributed by atoms with E-state index >= 15 is 0 Å². The molecule has 0 amide bonds. The number of carboxylic acid groups (broad SMARTS) is 2. The summed E-state index contributed by atoms with van der Waals surface area (Å²) in [6.07, 6.45) is -4.81. The van der Waals surface area contributed by atoms with E-state index in [2.05, 4.69) is 33.0 Å². The number of hydrogen-bond acceptors (Lipinski definition) is 7. The van der Waals surface area contributed by atoms with Crippen molar-refractivity contribution in [2.45, 2.75) is 38.0 Å². The molecule has 228 valence electrons. The van der Waals surface area contributed by atoms with E-state index in [9.17, 15) is 26.3 Å². The number of aliphatic carboxylic acids is 2. The van der Waals surface area contributed by atoms with Gasteiger partial charge in [-0.2, -0.15) is 26.3 Å². The van der Waals surface area contributed by atoms with E-state index in [1.165, 1.54) is 17.5 Å². The first-order valence-electron chi connectivity index (χ1n) is 12.4. The molecule has 2 saturated heterocycles. The largest absolute Gasteiger partial charge is 0.497 e. The lowest BCUT2D eigenvalue weighted by atomic mass is 9.93. The molecule has 2 aliphatic heterocycles. The molecule has 0 saturated carbocycles. The number of hydrogen-bond donors (Lipinski definition) is 2. The Kier molecular flexibility index (Phi) is 12.8. The van der Waals surface area contributed by atoms with Crippen molar-refractivity contribution in [1.29, 1.82) is 0 Å². The van der Waals surface area contributed by atoms with Crippen molar-refractivity contribution in [2.75, 3.05) is 39.9 Å². The average molecular weight is 596 g/mol. The van der Waals surface area contributed by atoms with Crippen LogP contribution in [0.2, 0.25) is 0 Å². The molecule has 2 aliphatic rings. The zero-order chi connectivity index (χ0) is 30.6. The molecular weight excluding hydrogens is 564 g/mol. The highest BCUT2D eigenvalue weighted by molar-refractivity contribution is 5.73. The maximum atomic E-state index is 10.6. The Morgan fingerprint density at radius 3 is 2.00 bits per heavy atom. The number of aromatic nitrogens is 1. The molecule has 1 aromatic heterocycles. The molecule has 0 bridgehead atoms. The van der Waals surface area contributed by atoms with Gasteiger partial charge < -0.3 is 19.7 Å². The lowest BCUT2D eigenvalue weighted by Crippen LogP contribution is -2.46. The third kappa shape index (κ3) is 12.3. The maximum Gasteiger partial charge on any atom is 0.490 e. The Balaban J connectivity index is 0.000000349. The van der Waals surface area contributed by atoms with Gasteiger partial charge in [-0.15, -0.1) is 0 Å². The number of pyridine rings is 1. The summed E-state index contributed by atoms with van der Waals surface area (Å²) in [7, 11) is 1.71. The van der Waals surface area contributed by atoms with E-state index in [-0.39, 0.29) is 0 Å². The average Bonchev–Trinajstić information content (AvgIpc) is 3.10. The topological polar surface area (TPSA) is 112 Å². The van der Waals surface area contributed by atoms with Crippen LogP contribution in [0.5, 0.6) is 5.75 Å². The normalized spacial score (nSPS) is 19.8. The Labute approximate surface area is 232 Å². The summed E-state index contributed by atoms with van der Waals surface area (Å²) in [5, 5.41) is 14.2. The number of halogens is 6. The van der Waals surface area contributed by atoms with Gasteiger partial charge in [-0.1, -0.05) is 18.2 Å². The SMILES string of the molecule is COc1ccc(CN2CC[C@@H]3CN(Cc4cccnc4)CCO[C@@H]3C2)cc1.O=C(O)C(F)(F)F.O=C(O)C(F)(F)F. The highest BCUT2D eigenvalue weighted by atomic mass is 19.4. The molecule has 0 aliphatic carbocycles. The van der Waals surface area contributed by atoms with Gasteiger partial charge in [0.25, 0.3) is 0 Å². The molecule has 3 heterocycles. The van der Waals surface area contributed by atoms with Crippen molar-refractivity contribution in [3.05, 3.63) is 59.9 Å². The van der Waals surface area contributed by atoms with Crippen LogP contribution in [0, 0.1) is 5.92 Å². The number of carbonyl (C=O) groups is 2. The fraction of sp³-hybridized carbons (Fsp3) is 0.500. The van der Waals surface area contributed by atoms with Crippen LogP contribution < -0.4 is 4.74 Å². The monoisotopic (exact) mass is 595 g/mol. The van der Waals surface area contributed by atoms with Gasteiger partial charge in [-0.05, 0) is 42.3 Å². The molecule has 1 aromatic carbocycles. The van der Waals surface area contributed by atoms with Crippen LogP contribution in [0.3, 0.4) is 0 Å². The van der Waals surface area contributed by atoms with Crippen LogP contribution in [0.25, 0.3) is 0 Å². The number of rotatable bonds is 5. The molecular formula is C26H31F6N3O6. The number of piperidine rings is 1. The number of benzene rings is 1. The first kappa shape index (κ1) is 33.8. The quantitative estimate of drug-likeness (QED) is 0.494. The molecule has 0 unspecified atom stereocenters. The van der Waals surface area contributed by atoms with Crippen molar-refractivity contribution in [3.63, 3.8) is 0 Å². The summed E-state index contributed by atoms with van der Waals surface area (Å²) in [6.45, 7) is 7.05. The first-order chi connectivity index (χ1) is 19.2. The van der Waals surface area contributed by atoms with Gasteiger partial charge in [0.15, 0.2) is 0 Å². The second-order valence-corrected chi connectivity index (χ2v) is 9.24. The molecule has 4 rings (SSSR count). The van der Waals surface area contributed by atoms with Crippen LogP contribution in [-0.2, 0) is 27.4 Å². The van der Waals surface area contributed by atoms with E-state index in [0.29, 0.717) is 12.0 Å². The summed E-state index contributed by atoms with van der Waals surface area (Å²) in [4.78, 5) is 27.1. The van der Waals surface area contributed by atoms with Gasteiger partial charge in [0, 0.05) is 51.0 Å². The molecule has 2 aromatic rings. The number of ether oxygens (including phenoxy) is 2. The minimum atomic E-state index is -5.08. The second kappa shape index (κ2) is 15.5. The number of carboxylic acids is 2. The van der Waals surface area contributed by atoms with Crippen molar-refractivity contribution in [3.8, 4) is 5.75 Å². The summed E-state index contributed by atoms with van der Waals surface area (Å²) in [5.74, 6) is -3.98. The second-order valence-electron chi connectivity index (χ2n) is 9.24. The maximum absolute atomic E-state index is 10.6. The third-order valence-corrected chi connectivity index (χ3v) is 6.19. The van der Waals surface area contributed by atoms with Crippen molar-refractivity contribution < 1.29 is 55.6 Å². The molecule has 0 radical (unpaired) electrons. The molecule has 2 N–H and O–H groups in total. The molecule has 2 atom stereocenters. The first-order valence-corrected chi connectivity index (χ1v) is 12.4. The number of methoxy groups -OCH3 is 1. The minimum absolute atomic E-state index is 0.343. The molecule has 15 heteroatoms. The number of likely N-dealkylation sites (tertiary alicyclic amines) is 1. The van der Waals surface area contributed by atoms with E-state index in [4.69, 9.17) is 29.3 Å². The fourth-order valence-corrected chi connectivity index (χ4v) is 4.21. The van der Waals surface area contributed by atoms with Crippen LogP contribution in [0.4, 0.5) is 26.3 Å². The molecule has 2 fully saturated rings. The van der Waals surface area contributed by atoms with Gasteiger partial charge in [0.1, 0.15) is 5.75 Å². The van der Waals surface area contributed by atoms with Crippen molar-refractivity contribution in [1.82, 2.24) is 14.8 Å². The van der Waals surface area contributed by atoms with E-state index in [1.54, 1.807) is 7.11 Å². The summed E-state index contributed by atoms with van der Waals surface area (Å²) in [5.41, 5.74) is 2.62. The zero-order valence-corrected chi connectivity index (χ0v) is 22.1. The Morgan fingerprint density at radius 1 is 0.927 bits per heavy atom. The smallest absolute Gasteiger partial charge is 0.490 e. The van der Waals surface area contributed by atoms with Crippen molar-refractivity contribution in [2.24, 2.45) is 5.92 Å². The standard InChI is InChI=1S/C22H29N3O2.2C2HF3O2/c1-26-21-6-4-18(5-7-21)14-24-10-8-20-16-25(11-12-27-22(20)17-24)15-19-3-2-9-23-13-19;2*3-2(4,5)1(6)7/h2-7,9,13,20,22H,8,10-12,14-17H2,1H3;2*(H,6,7)/t20-,22-;;/m1../s1. The summed E-state index contributed by atoms with van der Waals surface area (Å²) in [6, 6.07) is 12.6. The van der Waals surface area contributed by atoms with Gasteiger partial charge >= 0.3 is 24.3 Å². The van der Waals surface area contributed by atoms with Crippen molar-refractivity contribution >= 4 is 11.9 Å². The van der Waals surface area contributed by atoms with Gasteiger partial charge in [-0.25, -0.2) is 9.59 Å². The summed E-state index contributed by atoms with van der Waals surface area (Å²) < 4.78 is 75.0. The lowest BCUT2D eigenvalue weighted by Gasteiger charge is -2.38. The number of nitrogens with zero attached hydrogens (tertiary/aromatic N) is 3. The van der Waals surface area contributed by atoms with E-state index < -0.39 is 24.3 Å². The number of alkyl halides is 6. The predicted molar refractivity (Wildman–Crippen MR) is 133 cm³/mol. The van der Waals surface area contributed by atoms with Gasteiger partial charge in [0.2, 0.25) is 0 Å². The Hall–Kier alpha value is -3.43. The number of fused-ring (bicyclic) bond motifs is 1. The van der Waals surface area contributed by atoms with Gasteiger partial charge in [0.05, 0.1) is 19.8 Å². The Bertz CT molecular complexity index is 1060. The third-order valence-electron chi connectivity index (χ3n) is 6.19. The van der Waals surface area contributed by atoms with E-state index in [1.807, 2.05) is 30.6 Å². The summed E-state index contributed by atoms with van der Waals surface area (Å²) >= 11 is 0. The van der Waals surface area contributed by atoms with Gasteiger partial charge in [-0.3, -0.25) is 14.8 Å². The molecule has 41 heavy (non-hydrogen) atoms. The highest BCUT2D eigenvalue weighted by Gasteiger charge is 2.39. The van der Waals surface area contributed by atoms with Crippen LogP contribution in [-0.4, -0.2) is 95.3 Å². The molecule has 0 spiro atoms. The van der Waals surface area contributed by atoms with Crippen LogP contribution >= 0.6 is 0 Å². The predicted octanol–water partition coefficient (Wildman–Crippen LogP) is 4.08. The van der Waals surface area contributed by atoms with Crippen LogP contribution in [0.15, 0.2) is 48.8 Å². The molecule has 9 nitrogen and oxygen atoms in total. The van der Waals surface area contributed by atoms with Crippen LogP contribution in [0.1, 0.15) is 17.5 Å². The minimum Gasteiger partial charge on any atom is -0.497 e. The highest BCUT2D eigenvalue weighted by Crippen LogP contribution is 2.26. The lowest BCUT2D eigenvalue weighted by molar-refractivity contribution is -0.193. The Morgan fingerprint density at radius 2 is 1.49 bits per heavy atom. The van der Waals surface area contributed by atoms with E-state index in [0.717, 1.165) is 51.6 Å². The fourth-order valence-electron chi connectivity index (χ4n) is 4.21.